The highest BCUT2D eigenvalue weighted by molar-refractivity contribution is 5.71. The summed E-state index contributed by atoms with van der Waals surface area (Å²) in [5.74, 6) is -1.10. The van der Waals surface area contributed by atoms with Crippen molar-refractivity contribution in [1.82, 2.24) is 0 Å². The number of hydrogen-bond donors (Lipinski definition) is 0. The van der Waals surface area contributed by atoms with Crippen LogP contribution in [-0.2, 0) is 28.6 Å². The first kappa shape index (κ1) is 55.3. The second kappa shape index (κ2) is 47.0. The third-order valence-electron chi connectivity index (χ3n) is 9.57. The molecule has 0 heterocycles. The van der Waals surface area contributed by atoms with E-state index in [1.165, 1.54) is 70.6 Å². The number of esters is 3. The van der Waals surface area contributed by atoms with Crippen molar-refractivity contribution < 1.29 is 28.6 Å². The van der Waals surface area contributed by atoms with E-state index < -0.39 is 12.1 Å². The van der Waals surface area contributed by atoms with Gasteiger partial charge in [0.1, 0.15) is 13.2 Å². The highest BCUT2D eigenvalue weighted by Gasteiger charge is 2.19. The van der Waals surface area contributed by atoms with Gasteiger partial charge in [-0.05, 0) is 96.3 Å². The summed E-state index contributed by atoms with van der Waals surface area (Å²) in [6.07, 6.45) is 61.3. The van der Waals surface area contributed by atoms with Gasteiger partial charge in [0, 0.05) is 19.3 Å². The van der Waals surface area contributed by atoms with Gasteiger partial charge in [-0.3, -0.25) is 14.4 Å². The Balaban J connectivity index is 4.59. The number of allylic oxidation sites excluding steroid dienone is 16. The Morgan fingerprint density at radius 3 is 1.19 bits per heavy atom. The first-order valence-electron chi connectivity index (χ1n) is 23.7. The van der Waals surface area contributed by atoms with Crippen LogP contribution in [0.5, 0.6) is 0 Å². The number of carbonyl (C=O) groups excluding carboxylic acids is 3. The van der Waals surface area contributed by atoms with Crippen LogP contribution in [0.15, 0.2) is 97.2 Å². The number of rotatable bonds is 41. The van der Waals surface area contributed by atoms with E-state index >= 15 is 0 Å². The Hall–Kier alpha value is -3.67. The molecule has 0 fully saturated rings. The molecule has 334 valence electrons. The molecule has 0 amide bonds. The third-order valence-corrected chi connectivity index (χ3v) is 9.57. The average Bonchev–Trinajstić information content (AvgIpc) is 3.23. The van der Waals surface area contributed by atoms with E-state index in [1.807, 2.05) is 18.2 Å². The maximum atomic E-state index is 12.7. The highest BCUT2D eigenvalue weighted by Crippen LogP contribution is 2.11. The van der Waals surface area contributed by atoms with Crippen LogP contribution in [0.3, 0.4) is 0 Å². The molecular formula is C53H86O6. The molecule has 6 nitrogen and oxygen atoms in total. The lowest BCUT2D eigenvalue weighted by Gasteiger charge is -2.18. The topological polar surface area (TPSA) is 78.9 Å². The first-order chi connectivity index (χ1) is 29.0. The first-order valence-corrected chi connectivity index (χ1v) is 23.7. The van der Waals surface area contributed by atoms with Crippen molar-refractivity contribution in [2.24, 2.45) is 0 Å². The molecule has 6 heteroatoms. The quantitative estimate of drug-likeness (QED) is 0.0265. The fourth-order valence-electron chi connectivity index (χ4n) is 6.01. The van der Waals surface area contributed by atoms with Crippen LogP contribution in [0, 0.1) is 0 Å². The van der Waals surface area contributed by atoms with Crippen molar-refractivity contribution in [2.75, 3.05) is 13.2 Å². The minimum Gasteiger partial charge on any atom is -0.462 e. The van der Waals surface area contributed by atoms with Crippen LogP contribution < -0.4 is 0 Å². The van der Waals surface area contributed by atoms with Gasteiger partial charge in [-0.25, -0.2) is 0 Å². The largest absolute Gasteiger partial charge is 0.462 e. The van der Waals surface area contributed by atoms with Gasteiger partial charge in [0.25, 0.3) is 0 Å². The summed E-state index contributed by atoms with van der Waals surface area (Å²) in [7, 11) is 0. The monoisotopic (exact) mass is 819 g/mol. The van der Waals surface area contributed by atoms with E-state index in [0.29, 0.717) is 19.3 Å². The summed E-state index contributed by atoms with van der Waals surface area (Å²) in [5, 5.41) is 0. The molecule has 0 rings (SSSR count). The predicted molar refractivity (Wildman–Crippen MR) is 251 cm³/mol. The van der Waals surface area contributed by atoms with Crippen molar-refractivity contribution >= 4 is 17.9 Å². The van der Waals surface area contributed by atoms with E-state index in [4.69, 9.17) is 14.2 Å². The molecule has 0 aliphatic carbocycles. The second-order valence-electron chi connectivity index (χ2n) is 15.3. The van der Waals surface area contributed by atoms with E-state index in [-0.39, 0.29) is 38.0 Å². The SMILES string of the molecule is CC/C=C\C/C=C\C/C=C\C/C=C\C/C=C\CCC(=O)OCC(COC(=O)CCCCCCC/C=C\CCCCC)OC(=O)CC/C=C\C/C=C\CCCCCCCC. The Morgan fingerprint density at radius 2 is 0.695 bits per heavy atom. The maximum Gasteiger partial charge on any atom is 0.306 e. The Kier molecular flexibility index (Phi) is 44.1. The van der Waals surface area contributed by atoms with Crippen LogP contribution >= 0.6 is 0 Å². The molecule has 0 N–H and O–H groups in total. The zero-order valence-electron chi connectivity index (χ0n) is 38.0. The predicted octanol–water partition coefficient (Wildman–Crippen LogP) is 15.4. The third kappa shape index (κ3) is 45.3. The molecule has 0 aromatic heterocycles. The molecule has 0 aromatic carbocycles. The molecule has 0 radical (unpaired) electrons. The van der Waals surface area contributed by atoms with E-state index in [1.54, 1.807) is 0 Å². The lowest BCUT2D eigenvalue weighted by molar-refractivity contribution is -0.166. The number of hydrogen-bond acceptors (Lipinski definition) is 6. The molecule has 1 unspecified atom stereocenters. The number of carbonyl (C=O) groups is 3. The molecule has 0 saturated carbocycles. The molecule has 0 aliphatic heterocycles. The van der Waals surface area contributed by atoms with Gasteiger partial charge < -0.3 is 14.2 Å². The van der Waals surface area contributed by atoms with E-state index in [2.05, 4.69) is 99.8 Å². The zero-order chi connectivity index (χ0) is 43.0. The summed E-state index contributed by atoms with van der Waals surface area (Å²) in [5.41, 5.74) is 0. The van der Waals surface area contributed by atoms with Crippen LogP contribution in [0.4, 0.5) is 0 Å². The van der Waals surface area contributed by atoms with Crippen molar-refractivity contribution in [3.63, 3.8) is 0 Å². The Bertz CT molecular complexity index is 1220. The summed E-state index contributed by atoms with van der Waals surface area (Å²) in [4.78, 5) is 37.7. The minimum atomic E-state index is -0.840. The highest BCUT2D eigenvalue weighted by atomic mass is 16.6. The van der Waals surface area contributed by atoms with Gasteiger partial charge in [0.15, 0.2) is 6.10 Å². The Labute approximate surface area is 362 Å². The fourth-order valence-corrected chi connectivity index (χ4v) is 6.01. The average molecular weight is 819 g/mol. The molecule has 0 aliphatic rings. The van der Waals surface area contributed by atoms with Gasteiger partial charge >= 0.3 is 17.9 Å². The lowest BCUT2D eigenvalue weighted by atomic mass is 10.1. The molecule has 59 heavy (non-hydrogen) atoms. The molecule has 0 aromatic rings. The van der Waals surface area contributed by atoms with Gasteiger partial charge in [-0.15, -0.1) is 0 Å². The summed E-state index contributed by atoms with van der Waals surface area (Å²) >= 11 is 0. The summed E-state index contributed by atoms with van der Waals surface area (Å²) in [6.45, 7) is 6.34. The van der Waals surface area contributed by atoms with Gasteiger partial charge in [0.2, 0.25) is 0 Å². The van der Waals surface area contributed by atoms with Crippen molar-refractivity contribution in [1.29, 1.82) is 0 Å². The maximum absolute atomic E-state index is 12.7. The summed E-state index contributed by atoms with van der Waals surface area (Å²) in [6, 6.07) is 0. The van der Waals surface area contributed by atoms with Crippen molar-refractivity contribution in [2.45, 2.75) is 207 Å². The molecule has 0 saturated heterocycles. The van der Waals surface area contributed by atoms with Gasteiger partial charge in [0.05, 0.1) is 0 Å². The molecular weight excluding hydrogens is 733 g/mol. The molecule has 0 bridgehead atoms. The van der Waals surface area contributed by atoms with Crippen LogP contribution in [0.1, 0.15) is 201 Å². The van der Waals surface area contributed by atoms with Gasteiger partial charge in [-0.1, -0.05) is 182 Å². The second-order valence-corrected chi connectivity index (χ2v) is 15.3. The lowest BCUT2D eigenvalue weighted by Crippen LogP contribution is -2.30. The van der Waals surface area contributed by atoms with Crippen LogP contribution in [0.2, 0.25) is 0 Å². The van der Waals surface area contributed by atoms with Crippen LogP contribution in [-0.4, -0.2) is 37.2 Å². The number of unbranched alkanes of at least 4 members (excludes halogenated alkanes) is 14. The van der Waals surface area contributed by atoms with Crippen LogP contribution in [0.25, 0.3) is 0 Å². The summed E-state index contributed by atoms with van der Waals surface area (Å²) < 4.78 is 16.6. The van der Waals surface area contributed by atoms with Crippen molar-refractivity contribution in [3.05, 3.63) is 97.2 Å². The number of ether oxygens (including phenoxy) is 3. The fraction of sp³-hybridized carbons (Fsp3) is 0.642. The van der Waals surface area contributed by atoms with Gasteiger partial charge in [-0.2, -0.15) is 0 Å². The van der Waals surface area contributed by atoms with E-state index in [9.17, 15) is 14.4 Å². The van der Waals surface area contributed by atoms with Crippen molar-refractivity contribution in [3.8, 4) is 0 Å². The molecule has 1 atom stereocenters. The normalized spacial score (nSPS) is 12.9. The standard InChI is InChI=1S/C53H86O6/c1-4-7-10-13-16-19-22-25-26-27-29-31-34-37-40-43-46-52(55)58-49-50(48-57-51(54)45-42-39-36-33-30-24-21-18-15-12-9-6-3)59-53(56)47-44-41-38-35-32-28-23-20-17-14-11-8-5-2/h7,10,16,18-19,21,25-26,28-29,31-32,37-38,40-41,50H,4-6,8-9,11-15,17,20,22-24,27,30,33-36,39,42-49H2,1-3H3/b10-7-,19-16-,21-18-,26-25-,31-29-,32-28-,40-37-,41-38-. The smallest absolute Gasteiger partial charge is 0.306 e. The minimum absolute atomic E-state index is 0.129. The zero-order valence-corrected chi connectivity index (χ0v) is 38.0. The van der Waals surface area contributed by atoms with E-state index in [0.717, 1.165) is 77.0 Å². The molecule has 0 spiro atoms. The Morgan fingerprint density at radius 1 is 0.356 bits per heavy atom.